The van der Waals surface area contributed by atoms with Crippen LogP contribution in [0, 0.1) is 17.7 Å². The van der Waals surface area contributed by atoms with Gasteiger partial charge in [0.05, 0.1) is 22.5 Å². The summed E-state index contributed by atoms with van der Waals surface area (Å²) in [7, 11) is 0.566. The first kappa shape index (κ1) is 28.8. The van der Waals surface area contributed by atoms with E-state index in [1.54, 1.807) is 17.9 Å². The van der Waals surface area contributed by atoms with Crippen LogP contribution in [0.15, 0.2) is 30.6 Å². The number of fused-ring (bicyclic) bond motifs is 1. The Morgan fingerprint density at radius 3 is 2.65 bits per heavy atom. The third-order valence-corrected chi connectivity index (χ3v) is 10.3. The molecule has 3 aromatic rings. The van der Waals surface area contributed by atoms with Crippen LogP contribution in [0.4, 0.5) is 15.9 Å². The highest BCUT2D eigenvalue weighted by molar-refractivity contribution is 6.76. The van der Waals surface area contributed by atoms with E-state index in [0.717, 1.165) is 31.1 Å². The molecule has 1 amide bonds. The number of amides is 1. The number of benzene rings is 1. The monoisotopic (exact) mass is 588 g/mol. The average molecular weight is 589 g/mol. The second kappa shape index (κ2) is 10.9. The molecule has 2 aromatic heterocycles. The van der Waals surface area contributed by atoms with Crippen molar-refractivity contribution in [1.29, 1.82) is 0 Å². The minimum absolute atomic E-state index is 0.0445. The highest BCUT2D eigenvalue weighted by Crippen LogP contribution is 2.57. The highest BCUT2D eigenvalue weighted by Gasteiger charge is 2.51. The number of ether oxygens (including phenoxy) is 1. The molecule has 2 fully saturated rings. The molecule has 0 bridgehead atoms. The Balaban J connectivity index is 1.24. The van der Waals surface area contributed by atoms with Crippen LogP contribution >= 0.6 is 11.6 Å². The number of aliphatic hydroxyl groups is 1. The van der Waals surface area contributed by atoms with Gasteiger partial charge < -0.3 is 20.9 Å². The molecule has 0 spiro atoms. The Kier molecular flexibility index (Phi) is 7.86. The Labute approximate surface area is 239 Å². The molecule has 2 heterocycles. The van der Waals surface area contributed by atoms with Crippen molar-refractivity contribution in [2.75, 3.05) is 17.7 Å². The maximum absolute atomic E-state index is 13.6. The molecular weight excluding hydrogens is 551 g/mol. The fraction of sp³-hybridized carbons (Fsp3) is 0.536. The summed E-state index contributed by atoms with van der Waals surface area (Å²) in [4.78, 5) is 13.3. The molecule has 1 aromatic carbocycles. The smallest absolute Gasteiger partial charge is 0.261 e. The maximum Gasteiger partial charge on any atom is 0.261 e. The molecular formula is C28H38ClFN6O3Si. The van der Waals surface area contributed by atoms with E-state index in [4.69, 9.17) is 22.1 Å². The number of halogens is 2. The molecule has 12 heteroatoms. The van der Waals surface area contributed by atoms with E-state index in [2.05, 4.69) is 35.2 Å². The third kappa shape index (κ3) is 5.97. The normalized spacial score (nSPS) is 24.4. The number of nitrogens with one attached hydrogen (secondary N) is 1. The van der Waals surface area contributed by atoms with Crippen LogP contribution in [-0.4, -0.2) is 45.3 Å². The quantitative estimate of drug-likeness (QED) is 0.229. The minimum atomic E-state index is -1.15. The Morgan fingerprint density at radius 1 is 1.30 bits per heavy atom. The fourth-order valence-corrected chi connectivity index (χ4v) is 7.11. The molecule has 216 valence electrons. The Hall–Kier alpha value is -2.73. The molecule has 2 aliphatic carbocycles. The number of anilines is 2. The lowest BCUT2D eigenvalue weighted by molar-refractivity contribution is 0.0338. The number of hydrogen-bond donors (Lipinski definition) is 3. The second-order valence-corrected chi connectivity index (χ2v) is 18.6. The topological polar surface area (TPSA) is 120 Å². The number of nitrogens with two attached hydrogens (primary N) is 1. The van der Waals surface area contributed by atoms with Gasteiger partial charge in [-0.15, -0.1) is 0 Å². The summed E-state index contributed by atoms with van der Waals surface area (Å²) in [6.07, 6.45) is 6.53. The second-order valence-electron chi connectivity index (χ2n) is 12.6. The van der Waals surface area contributed by atoms with Gasteiger partial charge in [-0.3, -0.25) is 9.48 Å². The van der Waals surface area contributed by atoms with Gasteiger partial charge in [-0.05, 0) is 61.8 Å². The zero-order valence-electron chi connectivity index (χ0n) is 23.5. The molecule has 5 rings (SSSR count). The first-order valence-corrected chi connectivity index (χ1v) is 17.8. The summed E-state index contributed by atoms with van der Waals surface area (Å²) in [5.41, 5.74) is 7.54. The van der Waals surface area contributed by atoms with Crippen LogP contribution in [0.2, 0.25) is 30.7 Å². The van der Waals surface area contributed by atoms with Crippen molar-refractivity contribution in [2.45, 2.75) is 69.6 Å². The van der Waals surface area contributed by atoms with Crippen molar-refractivity contribution in [1.82, 2.24) is 19.6 Å². The van der Waals surface area contributed by atoms with Crippen molar-refractivity contribution in [2.24, 2.45) is 18.9 Å². The fourth-order valence-electron chi connectivity index (χ4n) is 6.18. The lowest BCUT2D eigenvalue weighted by atomic mass is 9.88. The van der Waals surface area contributed by atoms with Crippen LogP contribution in [-0.2, 0) is 24.1 Å². The van der Waals surface area contributed by atoms with Crippen LogP contribution < -0.4 is 11.1 Å². The van der Waals surface area contributed by atoms with E-state index in [-0.39, 0.29) is 16.8 Å². The van der Waals surface area contributed by atoms with Gasteiger partial charge in [0.25, 0.3) is 5.91 Å². The number of hydrogen-bond acceptors (Lipinski definition) is 6. The van der Waals surface area contributed by atoms with Gasteiger partial charge in [0.15, 0.2) is 0 Å². The minimum Gasteiger partial charge on any atom is -0.385 e. The summed E-state index contributed by atoms with van der Waals surface area (Å²) < 4.78 is 22.7. The van der Waals surface area contributed by atoms with E-state index in [1.165, 1.54) is 22.9 Å². The first-order chi connectivity index (χ1) is 18.8. The van der Waals surface area contributed by atoms with Gasteiger partial charge in [-0.25, -0.2) is 9.07 Å². The van der Waals surface area contributed by atoms with Crippen molar-refractivity contribution >= 4 is 37.1 Å². The average Bonchev–Trinajstić information content (AvgIpc) is 3.62. The largest absolute Gasteiger partial charge is 0.385 e. The molecule has 4 N–H and O–H groups in total. The molecule has 0 saturated heterocycles. The van der Waals surface area contributed by atoms with Crippen LogP contribution in [0.1, 0.15) is 53.2 Å². The highest BCUT2D eigenvalue weighted by atomic mass is 35.5. The number of carbonyl (C=O) groups is 1. The summed E-state index contributed by atoms with van der Waals surface area (Å²) in [5.74, 6) is -0.0622. The molecule has 2 atom stereocenters. The zero-order chi connectivity index (χ0) is 28.8. The maximum atomic E-state index is 13.6. The van der Waals surface area contributed by atoms with E-state index >= 15 is 0 Å². The molecule has 2 aliphatic rings. The van der Waals surface area contributed by atoms with E-state index in [9.17, 15) is 14.3 Å². The Bertz CT molecular complexity index is 1390. The van der Waals surface area contributed by atoms with Crippen molar-refractivity contribution < 1.29 is 19.0 Å². The van der Waals surface area contributed by atoms with Gasteiger partial charge in [-0.2, -0.15) is 10.2 Å². The lowest BCUT2D eigenvalue weighted by Gasteiger charge is -2.23. The van der Waals surface area contributed by atoms with E-state index in [0.29, 0.717) is 48.4 Å². The lowest BCUT2D eigenvalue weighted by Crippen LogP contribution is -2.23. The predicted molar refractivity (Wildman–Crippen MR) is 155 cm³/mol. The SMILES string of the molecule is Cn1nc(C2CC3CC(O)(c4cnn(COCC[Si](C)(C)C)c4)CC3C2)c(C(=O)Nc2ccc(F)c(Cl)c2)c1N. The van der Waals surface area contributed by atoms with Crippen LogP contribution in [0.5, 0.6) is 0 Å². The summed E-state index contributed by atoms with van der Waals surface area (Å²) in [5, 5.41) is 23.3. The van der Waals surface area contributed by atoms with Crippen LogP contribution in [0.3, 0.4) is 0 Å². The molecule has 0 aliphatic heterocycles. The molecule has 9 nitrogen and oxygen atoms in total. The number of nitrogen functional groups attached to an aromatic ring is 1. The first-order valence-electron chi connectivity index (χ1n) is 13.7. The summed E-state index contributed by atoms with van der Waals surface area (Å²) >= 11 is 5.88. The number of rotatable bonds is 9. The molecule has 0 radical (unpaired) electrons. The van der Waals surface area contributed by atoms with Crippen molar-refractivity contribution in [3.8, 4) is 0 Å². The molecule has 2 saturated carbocycles. The standard InChI is InChI=1S/C28H38ClFN6O3Si/c1-35-26(31)24(27(37)33-21-5-6-23(30)22(29)11-21)25(34-35)17-9-18-12-28(38,13-19(18)10-17)20-14-32-36(15-20)16-39-7-8-40(2,3)4/h5-6,11,14-15,17-19,38H,7-10,12-13,16,31H2,1-4H3,(H,33,37). The van der Waals surface area contributed by atoms with Crippen molar-refractivity contribution in [3.05, 3.63) is 58.3 Å². The van der Waals surface area contributed by atoms with Crippen LogP contribution in [0.25, 0.3) is 0 Å². The summed E-state index contributed by atoms with van der Waals surface area (Å²) in [6, 6.07) is 5.12. The van der Waals surface area contributed by atoms with Gasteiger partial charge in [0.1, 0.15) is 23.9 Å². The van der Waals surface area contributed by atoms with Gasteiger partial charge >= 0.3 is 0 Å². The number of nitrogens with zero attached hydrogens (tertiary/aromatic N) is 4. The zero-order valence-corrected chi connectivity index (χ0v) is 25.2. The summed E-state index contributed by atoms with van der Waals surface area (Å²) in [6.45, 7) is 8.06. The Morgan fingerprint density at radius 2 is 2.00 bits per heavy atom. The predicted octanol–water partition coefficient (Wildman–Crippen LogP) is 5.35. The number of carbonyl (C=O) groups excluding carboxylic acids is 1. The van der Waals surface area contributed by atoms with Gasteiger partial charge in [0.2, 0.25) is 0 Å². The molecule has 40 heavy (non-hydrogen) atoms. The van der Waals surface area contributed by atoms with E-state index in [1.807, 2.05) is 6.20 Å². The van der Waals surface area contributed by atoms with Crippen molar-refractivity contribution in [3.63, 3.8) is 0 Å². The third-order valence-electron chi connectivity index (χ3n) is 8.34. The molecule has 2 unspecified atom stereocenters. The number of aryl methyl sites for hydroxylation is 1. The van der Waals surface area contributed by atoms with Gasteiger partial charge in [0, 0.05) is 45.1 Å². The van der Waals surface area contributed by atoms with Gasteiger partial charge in [-0.1, -0.05) is 31.2 Å². The number of aromatic nitrogens is 4. The van der Waals surface area contributed by atoms with E-state index < -0.39 is 25.4 Å².